The molecule has 0 spiro atoms. The Labute approximate surface area is 108 Å². The minimum atomic E-state index is 0.453. The van der Waals surface area contributed by atoms with Crippen LogP contribution in [0.1, 0.15) is 12.1 Å². The van der Waals surface area contributed by atoms with Crippen LogP contribution in [0, 0.1) is 5.92 Å². The molecule has 0 aliphatic carbocycles. The van der Waals surface area contributed by atoms with Crippen molar-refractivity contribution in [2.24, 2.45) is 5.92 Å². The Kier molecular flexibility index (Phi) is 4.31. The van der Waals surface area contributed by atoms with E-state index in [0.29, 0.717) is 5.15 Å². The Balaban J connectivity index is 1.80. The normalized spacial score (nSPS) is 21.3. The lowest BCUT2D eigenvalue weighted by Gasteiger charge is -2.20. The summed E-state index contributed by atoms with van der Waals surface area (Å²) in [6.45, 7) is 4.38. The molecule has 1 aromatic heterocycles. The van der Waals surface area contributed by atoms with Gasteiger partial charge in [-0.15, -0.1) is 0 Å². The summed E-state index contributed by atoms with van der Waals surface area (Å²) in [6, 6.07) is 0. The van der Waals surface area contributed by atoms with Crippen LogP contribution in [-0.2, 0) is 6.54 Å². The molecular formula is C12H19ClN4. The van der Waals surface area contributed by atoms with Crippen molar-refractivity contribution in [1.29, 1.82) is 0 Å². The first-order valence-corrected chi connectivity index (χ1v) is 6.35. The molecule has 0 amide bonds. The lowest BCUT2D eigenvalue weighted by atomic mass is 10.1. The van der Waals surface area contributed by atoms with E-state index in [0.717, 1.165) is 24.7 Å². The Morgan fingerprint density at radius 2 is 2.29 bits per heavy atom. The third-order valence-corrected chi connectivity index (χ3v) is 3.36. The van der Waals surface area contributed by atoms with Gasteiger partial charge in [-0.05, 0) is 33.0 Å². The molecule has 0 radical (unpaired) electrons. The van der Waals surface area contributed by atoms with Crippen molar-refractivity contribution in [2.75, 3.05) is 33.7 Å². The fourth-order valence-corrected chi connectivity index (χ4v) is 2.48. The highest BCUT2D eigenvalue weighted by atomic mass is 35.5. The van der Waals surface area contributed by atoms with Gasteiger partial charge in [0.15, 0.2) is 0 Å². The molecule has 0 aromatic carbocycles. The fraction of sp³-hybridized carbons (Fsp3) is 0.667. The van der Waals surface area contributed by atoms with E-state index in [1.807, 2.05) is 0 Å². The summed E-state index contributed by atoms with van der Waals surface area (Å²) in [6.07, 6.45) is 4.65. The van der Waals surface area contributed by atoms with Gasteiger partial charge in [0.2, 0.25) is 0 Å². The third-order valence-electron chi connectivity index (χ3n) is 3.16. The molecule has 5 heteroatoms. The fourth-order valence-electron chi connectivity index (χ4n) is 2.38. The molecule has 1 unspecified atom stereocenters. The Morgan fingerprint density at radius 1 is 1.47 bits per heavy atom. The van der Waals surface area contributed by atoms with Crippen LogP contribution < -0.4 is 0 Å². The summed E-state index contributed by atoms with van der Waals surface area (Å²) in [5.74, 6) is 0.783. The minimum absolute atomic E-state index is 0.453. The van der Waals surface area contributed by atoms with Gasteiger partial charge in [0, 0.05) is 19.6 Å². The van der Waals surface area contributed by atoms with Crippen molar-refractivity contribution in [3.8, 4) is 0 Å². The molecule has 1 fully saturated rings. The zero-order valence-corrected chi connectivity index (χ0v) is 11.2. The molecule has 1 aliphatic rings. The highest BCUT2D eigenvalue weighted by molar-refractivity contribution is 6.29. The molecule has 17 heavy (non-hydrogen) atoms. The van der Waals surface area contributed by atoms with Crippen molar-refractivity contribution in [2.45, 2.75) is 13.0 Å². The summed E-state index contributed by atoms with van der Waals surface area (Å²) >= 11 is 5.71. The first-order valence-electron chi connectivity index (χ1n) is 5.97. The lowest BCUT2D eigenvalue weighted by Crippen LogP contribution is -2.27. The molecule has 1 saturated heterocycles. The maximum atomic E-state index is 5.71. The number of rotatable bonds is 4. The van der Waals surface area contributed by atoms with Gasteiger partial charge in [-0.2, -0.15) is 0 Å². The van der Waals surface area contributed by atoms with Crippen molar-refractivity contribution < 1.29 is 0 Å². The summed E-state index contributed by atoms with van der Waals surface area (Å²) < 4.78 is 0. The summed E-state index contributed by atoms with van der Waals surface area (Å²) in [5, 5.41) is 0.453. The van der Waals surface area contributed by atoms with Crippen molar-refractivity contribution in [1.82, 2.24) is 19.8 Å². The molecule has 1 aliphatic heterocycles. The Bertz CT molecular complexity index is 354. The molecule has 1 atom stereocenters. The SMILES string of the molecule is CN1CCC(CN(C)Cc2cnc(Cl)cn2)C1. The number of halogens is 1. The van der Waals surface area contributed by atoms with Gasteiger partial charge in [0.25, 0.3) is 0 Å². The predicted octanol–water partition coefficient (Wildman–Crippen LogP) is 1.51. The molecule has 94 valence electrons. The van der Waals surface area contributed by atoms with Crippen LogP contribution in [-0.4, -0.2) is 53.5 Å². The largest absolute Gasteiger partial charge is 0.306 e. The number of nitrogens with zero attached hydrogens (tertiary/aromatic N) is 4. The summed E-state index contributed by atoms with van der Waals surface area (Å²) in [5.41, 5.74) is 0.975. The molecule has 0 N–H and O–H groups in total. The molecule has 2 heterocycles. The van der Waals surface area contributed by atoms with Crippen LogP contribution in [0.3, 0.4) is 0 Å². The zero-order chi connectivity index (χ0) is 12.3. The summed E-state index contributed by atoms with van der Waals surface area (Å²) in [4.78, 5) is 13.0. The third kappa shape index (κ3) is 3.91. The standard InChI is InChI=1S/C12H19ClN4/c1-16-4-3-10(7-16)8-17(2)9-11-5-15-12(13)6-14-11/h5-6,10H,3-4,7-9H2,1-2H3. The van der Waals surface area contributed by atoms with Crippen LogP contribution in [0.2, 0.25) is 5.15 Å². The summed E-state index contributed by atoms with van der Waals surface area (Å²) in [7, 11) is 4.32. The van der Waals surface area contributed by atoms with Crippen LogP contribution in [0.4, 0.5) is 0 Å². The van der Waals surface area contributed by atoms with Crippen molar-refractivity contribution >= 4 is 11.6 Å². The molecule has 1 aromatic rings. The first kappa shape index (κ1) is 12.7. The molecule has 2 rings (SSSR count). The second kappa shape index (κ2) is 5.76. The number of hydrogen-bond acceptors (Lipinski definition) is 4. The van der Waals surface area contributed by atoms with Crippen molar-refractivity contribution in [3.63, 3.8) is 0 Å². The van der Waals surface area contributed by atoms with Crippen LogP contribution in [0.25, 0.3) is 0 Å². The van der Waals surface area contributed by atoms with E-state index >= 15 is 0 Å². The average molecular weight is 255 g/mol. The topological polar surface area (TPSA) is 32.3 Å². The van der Waals surface area contributed by atoms with E-state index in [2.05, 4.69) is 33.9 Å². The average Bonchev–Trinajstić information content (AvgIpc) is 2.67. The van der Waals surface area contributed by atoms with E-state index < -0.39 is 0 Å². The van der Waals surface area contributed by atoms with Gasteiger partial charge in [-0.3, -0.25) is 4.98 Å². The van der Waals surface area contributed by atoms with Gasteiger partial charge >= 0.3 is 0 Å². The van der Waals surface area contributed by atoms with E-state index in [1.54, 1.807) is 12.4 Å². The van der Waals surface area contributed by atoms with Crippen LogP contribution in [0.5, 0.6) is 0 Å². The number of aromatic nitrogens is 2. The second-order valence-electron chi connectivity index (χ2n) is 4.94. The van der Waals surface area contributed by atoms with Gasteiger partial charge in [-0.1, -0.05) is 11.6 Å². The van der Waals surface area contributed by atoms with Gasteiger partial charge in [0.05, 0.1) is 18.1 Å². The van der Waals surface area contributed by atoms with Crippen molar-refractivity contribution in [3.05, 3.63) is 23.2 Å². The number of hydrogen-bond donors (Lipinski definition) is 0. The van der Waals surface area contributed by atoms with E-state index in [9.17, 15) is 0 Å². The highest BCUT2D eigenvalue weighted by Crippen LogP contribution is 2.15. The molecular weight excluding hydrogens is 236 g/mol. The van der Waals surface area contributed by atoms with Gasteiger partial charge in [-0.25, -0.2) is 4.98 Å². The maximum Gasteiger partial charge on any atom is 0.147 e. The first-order chi connectivity index (χ1) is 8.13. The maximum absolute atomic E-state index is 5.71. The molecule has 0 saturated carbocycles. The molecule has 0 bridgehead atoms. The van der Waals surface area contributed by atoms with E-state index in [4.69, 9.17) is 11.6 Å². The Hall–Kier alpha value is -0.710. The highest BCUT2D eigenvalue weighted by Gasteiger charge is 2.20. The lowest BCUT2D eigenvalue weighted by molar-refractivity contribution is 0.264. The smallest absolute Gasteiger partial charge is 0.147 e. The zero-order valence-electron chi connectivity index (χ0n) is 10.4. The number of likely N-dealkylation sites (tertiary alicyclic amines) is 1. The molecule has 4 nitrogen and oxygen atoms in total. The van der Waals surface area contributed by atoms with Crippen LogP contribution in [0.15, 0.2) is 12.4 Å². The van der Waals surface area contributed by atoms with Gasteiger partial charge in [0.1, 0.15) is 5.15 Å². The predicted molar refractivity (Wildman–Crippen MR) is 69.0 cm³/mol. The second-order valence-corrected chi connectivity index (χ2v) is 5.33. The quantitative estimate of drug-likeness (QED) is 0.816. The Morgan fingerprint density at radius 3 is 2.88 bits per heavy atom. The van der Waals surface area contributed by atoms with E-state index in [-0.39, 0.29) is 0 Å². The monoisotopic (exact) mass is 254 g/mol. The van der Waals surface area contributed by atoms with Crippen LogP contribution >= 0.6 is 11.6 Å². The van der Waals surface area contributed by atoms with Gasteiger partial charge < -0.3 is 9.80 Å². The minimum Gasteiger partial charge on any atom is -0.306 e. The van der Waals surface area contributed by atoms with E-state index in [1.165, 1.54) is 19.5 Å².